The van der Waals surface area contributed by atoms with Crippen molar-refractivity contribution >= 4 is 5.95 Å². The number of nitrogens with zero attached hydrogens (tertiary/aromatic N) is 6. The van der Waals surface area contributed by atoms with E-state index >= 15 is 0 Å². The molecule has 0 radical (unpaired) electrons. The van der Waals surface area contributed by atoms with Crippen molar-refractivity contribution in [3.8, 4) is 0 Å². The average molecular weight is 384 g/mol. The maximum absolute atomic E-state index is 4.79. The zero-order valence-electron chi connectivity index (χ0n) is 17.6. The van der Waals surface area contributed by atoms with Crippen LogP contribution in [0.1, 0.15) is 43.6 Å². The minimum absolute atomic E-state index is 0.0969. The lowest BCUT2D eigenvalue weighted by Crippen LogP contribution is -2.57. The van der Waals surface area contributed by atoms with Crippen LogP contribution in [0.5, 0.6) is 0 Å². The summed E-state index contributed by atoms with van der Waals surface area (Å²) < 4.78 is 0. The van der Waals surface area contributed by atoms with Crippen LogP contribution in [-0.2, 0) is 18.5 Å². The third kappa shape index (κ3) is 3.65. The lowest BCUT2D eigenvalue weighted by Gasteiger charge is -2.51. The van der Waals surface area contributed by atoms with Gasteiger partial charge in [-0.15, -0.1) is 0 Å². The van der Waals surface area contributed by atoms with Crippen LogP contribution >= 0.6 is 0 Å². The summed E-state index contributed by atoms with van der Waals surface area (Å²) in [5.41, 5.74) is 3.93. The lowest BCUT2D eigenvalue weighted by atomic mass is 9.78. The number of likely N-dealkylation sites (tertiary alicyclic amines) is 1. The van der Waals surface area contributed by atoms with Gasteiger partial charge in [-0.1, -0.05) is 13.8 Å². The fraction of sp³-hybridized carbons (Fsp3) is 0.667. The van der Waals surface area contributed by atoms with Gasteiger partial charge in [0.15, 0.2) is 0 Å². The molecule has 7 heteroatoms. The van der Waals surface area contributed by atoms with E-state index in [4.69, 9.17) is 4.98 Å². The molecule has 2 aliphatic heterocycles. The SMILES string of the molecule is CC(C)CN1CCc2[nH]cnc2C12CCN(Cc1cnc(N(C)C)nc1)CC2. The summed E-state index contributed by atoms with van der Waals surface area (Å²) in [6, 6.07) is 0. The quantitative estimate of drug-likeness (QED) is 0.855. The van der Waals surface area contributed by atoms with Crippen molar-refractivity contribution in [3.05, 3.63) is 35.7 Å². The predicted molar refractivity (Wildman–Crippen MR) is 111 cm³/mol. The maximum atomic E-state index is 4.79. The highest BCUT2D eigenvalue weighted by Crippen LogP contribution is 2.42. The molecule has 4 rings (SSSR count). The Kier molecular flexibility index (Phi) is 5.38. The number of aromatic nitrogens is 4. The number of aromatic amines is 1. The molecule has 152 valence electrons. The number of hydrogen-bond donors (Lipinski definition) is 1. The normalized spacial score (nSPS) is 19.9. The van der Waals surface area contributed by atoms with E-state index < -0.39 is 0 Å². The van der Waals surface area contributed by atoms with E-state index in [0.29, 0.717) is 5.92 Å². The van der Waals surface area contributed by atoms with Crippen molar-refractivity contribution in [2.24, 2.45) is 5.92 Å². The number of nitrogens with one attached hydrogen (secondary N) is 1. The van der Waals surface area contributed by atoms with E-state index in [1.807, 2.05) is 37.7 Å². The standard InChI is InChI=1S/C21H33N7/c1-16(2)13-28-8-5-18-19(25-15-24-18)21(28)6-9-27(10-7-21)14-17-11-22-20(23-12-17)26(3)4/h11-12,15-16H,5-10,13-14H2,1-4H3,(H,24,25). The summed E-state index contributed by atoms with van der Waals surface area (Å²) in [4.78, 5) is 24.3. The van der Waals surface area contributed by atoms with Gasteiger partial charge in [-0.05, 0) is 18.8 Å². The van der Waals surface area contributed by atoms with Crippen LogP contribution in [0.15, 0.2) is 18.7 Å². The molecule has 0 amide bonds. The number of imidazole rings is 1. The van der Waals surface area contributed by atoms with Crippen LogP contribution in [0.25, 0.3) is 0 Å². The van der Waals surface area contributed by atoms with Gasteiger partial charge in [-0.3, -0.25) is 9.80 Å². The highest BCUT2D eigenvalue weighted by molar-refractivity contribution is 5.28. The minimum Gasteiger partial charge on any atom is -0.348 e. The van der Waals surface area contributed by atoms with Gasteiger partial charge >= 0.3 is 0 Å². The number of piperidine rings is 1. The third-order valence-electron chi connectivity index (χ3n) is 6.16. The molecular weight excluding hydrogens is 350 g/mol. The molecule has 2 aromatic rings. The molecule has 1 spiro atoms. The molecule has 0 aromatic carbocycles. The smallest absolute Gasteiger partial charge is 0.224 e. The summed E-state index contributed by atoms with van der Waals surface area (Å²) in [5, 5.41) is 0. The average Bonchev–Trinajstić information content (AvgIpc) is 3.16. The summed E-state index contributed by atoms with van der Waals surface area (Å²) in [6.07, 6.45) is 9.17. The highest BCUT2D eigenvalue weighted by Gasteiger charge is 2.46. The van der Waals surface area contributed by atoms with E-state index in [1.54, 1.807) is 0 Å². The van der Waals surface area contributed by atoms with Gasteiger partial charge < -0.3 is 9.88 Å². The first-order chi connectivity index (χ1) is 13.5. The van der Waals surface area contributed by atoms with Crippen molar-refractivity contribution in [2.45, 2.75) is 45.2 Å². The number of H-pyrrole nitrogens is 1. The monoisotopic (exact) mass is 383 g/mol. The molecule has 1 saturated heterocycles. The van der Waals surface area contributed by atoms with Gasteiger partial charge in [0.05, 0.1) is 17.6 Å². The van der Waals surface area contributed by atoms with Gasteiger partial charge in [-0.25, -0.2) is 15.0 Å². The number of fused-ring (bicyclic) bond motifs is 2. The highest BCUT2D eigenvalue weighted by atomic mass is 15.3. The van der Waals surface area contributed by atoms with Crippen molar-refractivity contribution in [2.75, 3.05) is 45.2 Å². The van der Waals surface area contributed by atoms with E-state index in [9.17, 15) is 0 Å². The summed E-state index contributed by atoms with van der Waals surface area (Å²) in [6.45, 7) is 9.99. The maximum Gasteiger partial charge on any atom is 0.224 e. The van der Waals surface area contributed by atoms with Crippen LogP contribution in [-0.4, -0.2) is 70.0 Å². The number of rotatable bonds is 5. The summed E-state index contributed by atoms with van der Waals surface area (Å²) >= 11 is 0. The molecule has 1 fully saturated rings. The van der Waals surface area contributed by atoms with E-state index in [1.165, 1.54) is 17.0 Å². The van der Waals surface area contributed by atoms with E-state index in [0.717, 1.165) is 57.9 Å². The zero-order chi connectivity index (χ0) is 19.7. The van der Waals surface area contributed by atoms with E-state index in [-0.39, 0.29) is 5.54 Å². The zero-order valence-corrected chi connectivity index (χ0v) is 17.6. The van der Waals surface area contributed by atoms with Crippen LogP contribution in [0.2, 0.25) is 0 Å². The molecular formula is C21H33N7. The molecule has 2 aliphatic rings. The minimum atomic E-state index is 0.0969. The first-order valence-electron chi connectivity index (χ1n) is 10.5. The largest absolute Gasteiger partial charge is 0.348 e. The Morgan fingerprint density at radius 1 is 1.11 bits per heavy atom. The second kappa shape index (κ2) is 7.79. The van der Waals surface area contributed by atoms with Crippen molar-refractivity contribution in [1.29, 1.82) is 0 Å². The Labute approximate surface area is 168 Å². The van der Waals surface area contributed by atoms with Crippen LogP contribution < -0.4 is 4.90 Å². The first kappa shape index (κ1) is 19.3. The van der Waals surface area contributed by atoms with Gasteiger partial charge in [0.1, 0.15) is 0 Å². The third-order valence-corrected chi connectivity index (χ3v) is 6.16. The van der Waals surface area contributed by atoms with Crippen LogP contribution in [0.4, 0.5) is 5.95 Å². The molecule has 0 atom stereocenters. The summed E-state index contributed by atoms with van der Waals surface area (Å²) in [7, 11) is 3.94. The van der Waals surface area contributed by atoms with Gasteiger partial charge in [0.2, 0.25) is 5.95 Å². The summed E-state index contributed by atoms with van der Waals surface area (Å²) in [5.74, 6) is 1.43. The predicted octanol–water partition coefficient (Wildman–Crippen LogP) is 2.27. The van der Waals surface area contributed by atoms with Crippen molar-refractivity contribution in [1.82, 2.24) is 29.7 Å². The number of hydrogen-bond acceptors (Lipinski definition) is 6. The fourth-order valence-electron chi connectivity index (χ4n) is 4.78. The Morgan fingerprint density at radius 3 is 2.46 bits per heavy atom. The Bertz CT molecular complexity index is 772. The topological polar surface area (TPSA) is 64.2 Å². The molecule has 0 saturated carbocycles. The van der Waals surface area contributed by atoms with Crippen LogP contribution in [0.3, 0.4) is 0 Å². The number of anilines is 1. The molecule has 4 heterocycles. The molecule has 7 nitrogen and oxygen atoms in total. The molecule has 0 aliphatic carbocycles. The molecule has 0 unspecified atom stereocenters. The molecule has 2 aromatic heterocycles. The molecule has 28 heavy (non-hydrogen) atoms. The lowest BCUT2D eigenvalue weighted by molar-refractivity contribution is -0.00359. The second-order valence-corrected chi connectivity index (χ2v) is 8.91. The Morgan fingerprint density at radius 2 is 1.82 bits per heavy atom. The van der Waals surface area contributed by atoms with Crippen molar-refractivity contribution in [3.63, 3.8) is 0 Å². The van der Waals surface area contributed by atoms with Crippen LogP contribution in [0, 0.1) is 5.92 Å². The van der Waals surface area contributed by atoms with Crippen molar-refractivity contribution < 1.29 is 0 Å². The first-order valence-corrected chi connectivity index (χ1v) is 10.5. The van der Waals surface area contributed by atoms with Gasteiger partial charge in [0.25, 0.3) is 0 Å². The van der Waals surface area contributed by atoms with E-state index in [2.05, 4.69) is 38.6 Å². The fourth-order valence-corrected chi connectivity index (χ4v) is 4.78. The molecule has 0 bridgehead atoms. The molecule has 1 N–H and O–H groups in total. The second-order valence-electron chi connectivity index (χ2n) is 8.91. The van der Waals surface area contributed by atoms with Gasteiger partial charge in [0, 0.05) is 76.9 Å². The Hall–Kier alpha value is -1.99. The Balaban J connectivity index is 1.46. The van der Waals surface area contributed by atoms with Gasteiger partial charge in [-0.2, -0.15) is 0 Å².